The topological polar surface area (TPSA) is 100 Å². The van der Waals surface area contributed by atoms with Crippen LogP contribution in [0.2, 0.25) is 0 Å². The quantitative estimate of drug-likeness (QED) is 0.352. The monoisotopic (exact) mass is 468 g/mol. The van der Waals surface area contributed by atoms with Gasteiger partial charge in [-0.2, -0.15) is 5.26 Å². The van der Waals surface area contributed by atoms with Crippen LogP contribution < -0.4 is 4.74 Å². The van der Waals surface area contributed by atoms with Crippen molar-refractivity contribution in [3.05, 3.63) is 89.6 Å². The van der Waals surface area contributed by atoms with Crippen molar-refractivity contribution >= 4 is 23.3 Å². The minimum Gasteiger partial charge on any atom is -0.488 e. The molecule has 5 rings (SSSR count). The zero-order chi connectivity index (χ0) is 22.6. The third kappa shape index (κ3) is 4.58. The summed E-state index contributed by atoms with van der Waals surface area (Å²) >= 11 is 0. The molecular weight excluding hydrogens is 448 g/mol. The molecule has 0 spiro atoms. The number of benzene rings is 3. The maximum absolute atomic E-state index is 9.20. The van der Waals surface area contributed by atoms with Crippen LogP contribution in [0, 0.1) is 11.3 Å². The molecule has 0 bridgehead atoms. The van der Waals surface area contributed by atoms with Gasteiger partial charge in [0.25, 0.3) is 0 Å². The number of fused-ring (bicyclic) bond motifs is 1. The number of ether oxygens (including phenoxy) is 1. The Kier molecular flexibility index (Phi) is 6.81. The van der Waals surface area contributed by atoms with Crippen molar-refractivity contribution in [1.82, 2.24) is 25.6 Å². The first kappa shape index (κ1) is 22.9. The highest BCUT2D eigenvalue weighted by Gasteiger charge is 2.11. The molecule has 0 radical (unpaired) electrons. The number of tetrazole rings is 1. The lowest BCUT2D eigenvalue weighted by molar-refractivity contribution is 0.309. The maximum atomic E-state index is 9.20. The van der Waals surface area contributed by atoms with Crippen molar-refractivity contribution in [2.75, 3.05) is 0 Å². The van der Waals surface area contributed by atoms with Gasteiger partial charge in [-0.15, -0.1) is 17.5 Å². The van der Waals surface area contributed by atoms with E-state index in [0.717, 1.165) is 51.0 Å². The lowest BCUT2D eigenvalue weighted by atomic mass is 9.98. The van der Waals surface area contributed by atoms with Gasteiger partial charge in [-0.1, -0.05) is 55.5 Å². The highest BCUT2D eigenvalue weighted by atomic mass is 35.5. The molecule has 0 unspecified atom stereocenters. The van der Waals surface area contributed by atoms with Crippen LogP contribution in [0.5, 0.6) is 5.75 Å². The van der Waals surface area contributed by atoms with Crippen molar-refractivity contribution in [3.8, 4) is 34.3 Å². The maximum Gasteiger partial charge on any atom is 0.180 e. The van der Waals surface area contributed by atoms with E-state index in [1.54, 1.807) is 12.1 Å². The fourth-order valence-corrected chi connectivity index (χ4v) is 3.77. The summed E-state index contributed by atoms with van der Waals surface area (Å²) < 4.78 is 6.20. The van der Waals surface area contributed by atoms with Gasteiger partial charge < -0.3 is 4.74 Å². The molecule has 0 saturated carbocycles. The second-order valence-electron chi connectivity index (χ2n) is 7.59. The average molecular weight is 469 g/mol. The molecular formula is C26H21ClN6O. The summed E-state index contributed by atoms with van der Waals surface area (Å²) in [4.78, 5) is 4.64. The fraction of sp³-hybridized carbons (Fsp3) is 0.115. The SMILES string of the molecule is CCc1cc(OCc2ccc(-c3ccccc3-c3nnn[nH]3)cc2)c2ccc(C#N)cc2n1.Cl. The number of aromatic amines is 1. The van der Waals surface area contributed by atoms with Crippen molar-refractivity contribution in [3.63, 3.8) is 0 Å². The van der Waals surface area contributed by atoms with E-state index in [0.29, 0.717) is 18.0 Å². The van der Waals surface area contributed by atoms with Crippen LogP contribution in [0.15, 0.2) is 72.8 Å². The number of nitrogens with zero attached hydrogens (tertiary/aromatic N) is 5. The van der Waals surface area contributed by atoms with Crippen LogP contribution in [0.4, 0.5) is 0 Å². The number of rotatable bonds is 6. The number of hydrogen-bond donors (Lipinski definition) is 1. The first-order valence-electron chi connectivity index (χ1n) is 10.6. The van der Waals surface area contributed by atoms with Gasteiger partial charge in [-0.3, -0.25) is 4.98 Å². The van der Waals surface area contributed by atoms with E-state index in [1.807, 2.05) is 36.4 Å². The van der Waals surface area contributed by atoms with E-state index in [4.69, 9.17) is 4.74 Å². The number of H-pyrrole nitrogens is 1. The molecule has 0 aliphatic heterocycles. The highest BCUT2D eigenvalue weighted by molar-refractivity contribution is 5.86. The molecule has 3 aromatic carbocycles. The Labute approximate surface area is 202 Å². The molecule has 0 aliphatic rings. The number of halogens is 1. The fourth-order valence-electron chi connectivity index (χ4n) is 3.77. The Morgan fingerprint density at radius 1 is 0.971 bits per heavy atom. The molecule has 0 fully saturated rings. The van der Waals surface area contributed by atoms with Crippen LogP contribution in [-0.4, -0.2) is 25.6 Å². The summed E-state index contributed by atoms with van der Waals surface area (Å²) in [5, 5.41) is 24.3. The van der Waals surface area contributed by atoms with Crippen LogP contribution in [0.3, 0.4) is 0 Å². The summed E-state index contributed by atoms with van der Waals surface area (Å²) in [7, 11) is 0. The van der Waals surface area contributed by atoms with E-state index < -0.39 is 0 Å². The Balaban J connectivity index is 0.00000274. The Morgan fingerprint density at radius 3 is 2.47 bits per heavy atom. The van der Waals surface area contributed by atoms with Crippen molar-refractivity contribution < 1.29 is 4.74 Å². The Hall–Kier alpha value is -4.28. The van der Waals surface area contributed by atoms with E-state index in [2.05, 4.69) is 62.9 Å². The van der Waals surface area contributed by atoms with E-state index >= 15 is 0 Å². The molecule has 0 saturated heterocycles. The summed E-state index contributed by atoms with van der Waals surface area (Å²) in [6.07, 6.45) is 0.790. The number of aryl methyl sites for hydroxylation is 1. The predicted molar refractivity (Wildman–Crippen MR) is 132 cm³/mol. The van der Waals surface area contributed by atoms with Crippen molar-refractivity contribution in [1.29, 1.82) is 5.26 Å². The van der Waals surface area contributed by atoms with Crippen LogP contribution in [0.1, 0.15) is 23.7 Å². The van der Waals surface area contributed by atoms with Crippen molar-refractivity contribution in [2.24, 2.45) is 0 Å². The largest absolute Gasteiger partial charge is 0.488 e. The second kappa shape index (κ2) is 10.1. The second-order valence-corrected chi connectivity index (χ2v) is 7.59. The number of aromatic nitrogens is 5. The van der Waals surface area contributed by atoms with Gasteiger partial charge in [-0.25, -0.2) is 5.10 Å². The molecule has 0 aliphatic carbocycles. The van der Waals surface area contributed by atoms with Gasteiger partial charge in [0, 0.05) is 22.7 Å². The third-order valence-corrected chi connectivity index (χ3v) is 5.50. The molecule has 168 valence electrons. The first-order valence-corrected chi connectivity index (χ1v) is 10.6. The number of nitrogens with one attached hydrogen (secondary N) is 1. The standard InChI is InChI=1S/C26H20N6O.ClH/c1-2-20-14-25(23-12-9-18(15-27)13-24(23)28-20)33-16-17-7-10-19(11-8-17)21-5-3-4-6-22(21)26-29-31-32-30-26;/h3-14H,2,16H2,1H3,(H,29,30,31,32);1H. The molecule has 2 heterocycles. The van der Waals surface area contributed by atoms with Gasteiger partial charge in [0.15, 0.2) is 5.82 Å². The molecule has 7 nitrogen and oxygen atoms in total. The molecule has 1 N–H and O–H groups in total. The van der Waals surface area contributed by atoms with Crippen molar-refractivity contribution in [2.45, 2.75) is 20.0 Å². The number of nitriles is 1. The Bertz CT molecular complexity index is 1460. The average Bonchev–Trinajstić information content (AvgIpc) is 3.42. The van der Waals surface area contributed by atoms with Crippen LogP contribution >= 0.6 is 12.4 Å². The zero-order valence-electron chi connectivity index (χ0n) is 18.4. The van der Waals surface area contributed by atoms with Crippen LogP contribution in [0.25, 0.3) is 33.4 Å². The van der Waals surface area contributed by atoms with E-state index in [1.165, 1.54) is 0 Å². The highest BCUT2D eigenvalue weighted by Crippen LogP contribution is 2.31. The van der Waals surface area contributed by atoms with Gasteiger partial charge in [0.05, 0.1) is 17.1 Å². The summed E-state index contributed by atoms with van der Waals surface area (Å²) in [5.41, 5.74) is 6.40. The first-order chi connectivity index (χ1) is 16.2. The summed E-state index contributed by atoms with van der Waals surface area (Å²) in [6.45, 7) is 2.48. The third-order valence-electron chi connectivity index (χ3n) is 5.50. The zero-order valence-corrected chi connectivity index (χ0v) is 19.2. The molecule has 2 aromatic heterocycles. The van der Waals surface area contributed by atoms with Crippen LogP contribution in [-0.2, 0) is 13.0 Å². The van der Waals surface area contributed by atoms with Gasteiger partial charge >= 0.3 is 0 Å². The van der Waals surface area contributed by atoms with E-state index in [-0.39, 0.29) is 12.4 Å². The minimum absolute atomic E-state index is 0. The molecule has 0 amide bonds. The van der Waals surface area contributed by atoms with E-state index in [9.17, 15) is 5.26 Å². The van der Waals surface area contributed by atoms with Gasteiger partial charge in [0.2, 0.25) is 0 Å². The van der Waals surface area contributed by atoms with Gasteiger partial charge in [0.1, 0.15) is 12.4 Å². The summed E-state index contributed by atoms with van der Waals surface area (Å²) in [6, 6.07) is 25.9. The number of hydrogen-bond acceptors (Lipinski definition) is 6. The summed E-state index contributed by atoms with van der Waals surface area (Å²) in [5.74, 6) is 1.41. The lowest BCUT2D eigenvalue weighted by Gasteiger charge is -2.12. The smallest absolute Gasteiger partial charge is 0.180 e. The molecule has 34 heavy (non-hydrogen) atoms. The lowest BCUT2D eigenvalue weighted by Crippen LogP contribution is -1.99. The molecule has 0 atom stereocenters. The minimum atomic E-state index is 0. The Morgan fingerprint density at radius 2 is 1.76 bits per heavy atom. The number of pyridine rings is 1. The molecule has 5 aromatic rings. The van der Waals surface area contributed by atoms with Gasteiger partial charge in [-0.05, 0) is 51.7 Å². The predicted octanol–water partition coefficient (Wildman–Crippen LogP) is 5.52. The molecule has 8 heteroatoms. The normalized spacial score (nSPS) is 10.5.